The van der Waals surface area contributed by atoms with Crippen molar-refractivity contribution < 1.29 is 19.0 Å². The molecule has 1 aromatic heterocycles. The molecule has 0 radical (unpaired) electrons. The van der Waals surface area contributed by atoms with Gasteiger partial charge in [-0.3, -0.25) is 4.79 Å². The maximum Gasteiger partial charge on any atom is 0.255 e. The van der Waals surface area contributed by atoms with Gasteiger partial charge in [-0.15, -0.1) is 0 Å². The zero-order chi connectivity index (χ0) is 24.1. The summed E-state index contributed by atoms with van der Waals surface area (Å²) >= 11 is 0. The van der Waals surface area contributed by atoms with E-state index in [4.69, 9.17) is 19.3 Å². The molecule has 0 bridgehead atoms. The van der Waals surface area contributed by atoms with Crippen molar-refractivity contribution in [1.82, 2.24) is 15.1 Å². The summed E-state index contributed by atoms with van der Waals surface area (Å²) < 4.78 is 18.0. The van der Waals surface area contributed by atoms with Crippen LogP contribution in [0.15, 0.2) is 72.9 Å². The van der Waals surface area contributed by atoms with Gasteiger partial charge < -0.3 is 19.5 Å². The second-order valence-electron chi connectivity index (χ2n) is 7.72. The van der Waals surface area contributed by atoms with E-state index < -0.39 is 0 Å². The molecular formula is C27H27N3O4. The van der Waals surface area contributed by atoms with Crippen molar-refractivity contribution in [2.45, 2.75) is 13.5 Å². The molecule has 0 saturated carbocycles. The van der Waals surface area contributed by atoms with Crippen molar-refractivity contribution in [3.63, 3.8) is 0 Å². The molecule has 1 heterocycles. The number of para-hydroxylation sites is 1. The Balaban J connectivity index is 1.71. The van der Waals surface area contributed by atoms with Gasteiger partial charge >= 0.3 is 0 Å². The van der Waals surface area contributed by atoms with Crippen LogP contribution in [0.1, 0.15) is 21.5 Å². The Labute approximate surface area is 198 Å². The Morgan fingerprint density at radius 1 is 0.912 bits per heavy atom. The third-order valence-corrected chi connectivity index (χ3v) is 5.57. The number of rotatable bonds is 8. The van der Waals surface area contributed by atoms with Crippen LogP contribution in [0.5, 0.6) is 17.2 Å². The van der Waals surface area contributed by atoms with Crippen LogP contribution in [-0.2, 0) is 6.54 Å². The normalized spacial score (nSPS) is 10.6. The molecule has 3 aromatic carbocycles. The quantitative estimate of drug-likeness (QED) is 0.411. The fourth-order valence-electron chi connectivity index (χ4n) is 3.70. The number of carbonyl (C=O) groups excluding carboxylic acids is 1. The van der Waals surface area contributed by atoms with E-state index in [1.54, 1.807) is 38.3 Å². The first-order chi connectivity index (χ1) is 16.5. The molecule has 7 nitrogen and oxygen atoms in total. The lowest BCUT2D eigenvalue weighted by Gasteiger charge is -2.11. The largest absolute Gasteiger partial charge is 0.497 e. The van der Waals surface area contributed by atoms with Gasteiger partial charge in [0.15, 0.2) is 0 Å². The minimum Gasteiger partial charge on any atom is -0.497 e. The molecule has 0 atom stereocenters. The van der Waals surface area contributed by atoms with Crippen LogP contribution in [0.3, 0.4) is 0 Å². The van der Waals surface area contributed by atoms with E-state index in [-0.39, 0.29) is 5.91 Å². The maximum atomic E-state index is 13.3. The molecule has 0 saturated heterocycles. The van der Waals surface area contributed by atoms with Crippen LogP contribution >= 0.6 is 0 Å². The number of hydrogen-bond donors (Lipinski definition) is 1. The highest BCUT2D eigenvalue weighted by Gasteiger charge is 2.21. The first kappa shape index (κ1) is 22.9. The Hall–Kier alpha value is -4.26. The first-order valence-electron chi connectivity index (χ1n) is 10.8. The molecule has 0 aliphatic carbocycles. The van der Waals surface area contributed by atoms with E-state index in [9.17, 15) is 4.79 Å². The molecule has 0 spiro atoms. The molecule has 0 aliphatic heterocycles. The molecule has 4 rings (SSSR count). The summed E-state index contributed by atoms with van der Waals surface area (Å²) in [7, 11) is 4.81. The molecule has 1 N–H and O–H groups in total. The van der Waals surface area contributed by atoms with Crippen molar-refractivity contribution >= 4 is 5.91 Å². The van der Waals surface area contributed by atoms with E-state index in [1.165, 1.54) is 0 Å². The average molecular weight is 458 g/mol. The predicted molar refractivity (Wildman–Crippen MR) is 131 cm³/mol. The van der Waals surface area contributed by atoms with Gasteiger partial charge in [-0.1, -0.05) is 30.3 Å². The van der Waals surface area contributed by atoms with E-state index in [1.807, 2.05) is 67.6 Å². The van der Waals surface area contributed by atoms with E-state index in [0.29, 0.717) is 34.9 Å². The Morgan fingerprint density at radius 2 is 1.68 bits per heavy atom. The Bertz CT molecular complexity index is 1300. The highest BCUT2D eigenvalue weighted by Crippen LogP contribution is 2.35. The lowest BCUT2D eigenvalue weighted by atomic mass is 10.1. The summed E-state index contributed by atoms with van der Waals surface area (Å²) in [6.45, 7) is 2.33. The van der Waals surface area contributed by atoms with Crippen molar-refractivity contribution in [1.29, 1.82) is 0 Å². The molecule has 0 unspecified atom stereocenters. The number of hydrogen-bond acceptors (Lipinski definition) is 5. The van der Waals surface area contributed by atoms with Crippen LogP contribution in [-0.4, -0.2) is 37.0 Å². The molecule has 0 aliphatic rings. The van der Waals surface area contributed by atoms with Crippen LogP contribution in [0.25, 0.3) is 16.9 Å². The SMILES string of the molecule is COc1ccc(-c2nn(-c3ccccc3)cc2C(=O)NCc2ccc(C)c(OC)c2)c(OC)c1. The highest BCUT2D eigenvalue weighted by molar-refractivity contribution is 6.00. The fraction of sp³-hybridized carbons (Fsp3) is 0.185. The minimum atomic E-state index is -0.241. The fourth-order valence-corrected chi connectivity index (χ4v) is 3.70. The Morgan fingerprint density at radius 3 is 2.38 bits per heavy atom. The summed E-state index contributed by atoms with van der Waals surface area (Å²) in [4.78, 5) is 13.3. The van der Waals surface area contributed by atoms with Crippen LogP contribution < -0.4 is 19.5 Å². The number of aromatic nitrogens is 2. The molecule has 0 fully saturated rings. The second-order valence-corrected chi connectivity index (χ2v) is 7.72. The van der Waals surface area contributed by atoms with Crippen molar-refractivity contribution in [2.75, 3.05) is 21.3 Å². The predicted octanol–water partition coefficient (Wildman–Crippen LogP) is 4.80. The van der Waals surface area contributed by atoms with E-state index in [2.05, 4.69) is 5.32 Å². The van der Waals surface area contributed by atoms with Gasteiger partial charge in [-0.25, -0.2) is 4.68 Å². The minimum absolute atomic E-state index is 0.241. The lowest BCUT2D eigenvalue weighted by Crippen LogP contribution is -2.23. The number of amides is 1. The third-order valence-electron chi connectivity index (χ3n) is 5.57. The molecule has 7 heteroatoms. The van der Waals surface area contributed by atoms with Gasteiger partial charge in [0.25, 0.3) is 5.91 Å². The highest BCUT2D eigenvalue weighted by atomic mass is 16.5. The number of benzene rings is 3. The summed E-state index contributed by atoms with van der Waals surface area (Å²) in [6, 6.07) is 21.0. The summed E-state index contributed by atoms with van der Waals surface area (Å²) in [5, 5.41) is 7.75. The molecule has 34 heavy (non-hydrogen) atoms. The van der Waals surface area contributed by atoms with Crippen molar-refractivity contribution in [3.05, 3.63) is 89.6 Å². The molecule has 174 valence electrons. The number of aryl methyl sites for hydroxylation is 1. The van der Waals surface area contributed by atoms with Gasteiger partial charge in [0.2, 0.25) is 0 Å². The van der Waals surface area contributed by atoms with E-state index >= 15 is 0 Å². The van der Waals surface area contributed by atoms with Gasteiger partial charge in [0.05, 0.1) is 32.6 Å². The van der Waals surface area contributed by atoms with Gasteiger partial charge in [0.1, 0.15) is 22.9 Å². The summed E-state index contributed by atoms with van der Waals surface area (Å²) in [5.74, 6) is 1.76. The molecular weight excluding hydrogens is 430 g/mol. The van der Waals surface area contributed by atoms with Crippen molar-refractivity contribution in [2.24, 2.45) is 0 Å². The standard InChI is InChI=1S/C27H27N3O4/c1-18-10-11-19(14-24(18)33-3)16-28-27(31)23-17-30(20-8-6-5-7-9-20)29-26(23)22-13-12-21(32-2)15-25(22)34-4/h5-15,17H,16H2,1-4H3,(H,28,31). The van der Waals surface area contributed by atoms with Crippen molar-refractivity contribution in [3.8, 4) is 34.2 Å². The third kappa shape index (κ3) is 4.73. The monoisotopic (exact) mass is 457 g/mol. The van der Waals surface area contributed by atoms with Gasteiger partial charge in [-0.05, 0) is 48.4 Å². The van der Waals surface area contributed by atoms with Crippen LogP contribution in [0.4, 0.5) is 0 Å². The Kier molecular flexibility index (Phi) is 6.82. The lowest BCUT2D eigenvalue weighted by molar-refractivity contribution is 0.0951. The molecule has 4 aromatic rings. The maximum absolute atomic E-state index is 13.3. The zero-order valence-corrected chi connectivity index (χ0v) is 19.7. The number of carbonyl (C=O) groups is 1. The topological polar surface area (TPSA) is 74.6 Å². The number of ether oxygens (including phenoxy) is 3. The summed E-state index contributed by atoms with van der Waals surface area (Å²) in [6.07, 6.45) is 1.74. The number of nitrogens with zero attached hydrogens (tertiary/aromatic N) is 2. The number of methoxy groups -OCH3 is 3. The second kappa shape index (κ2) is 10.1. The van der Waals surface area contributed by atoms with Crippen LogP contribution in [0, 0.1) is 6.92 Å². The van der Waals surface area contributed by atoms with Gasteiger partial charge in [-0.2, -0.15) is 5.10 Å². The smallest absolute Gasteiger partial charge is 0.255 e. The average Bonchev–Trinajstić information content (AvgIpc) is 3.33. The number of nitrogens with one attached hydrogen (secondary N) is 1. The molecule has 1 amide bonds. The van der Waals surface area contributed by atoms with Gasteiger partial charge in [0, 0.05) is 24.4 Å². The first-order valence-corrected chi connectivity index (χ1v) is 10.8. The van der Waals surface area contributed by atoms with Crippen LogP contribution in [0.2, 0.25) is 0 Å². The zero-order valence-electron chi connectivity index (χ0n) is 19.7. The summed E-state index contributed by atoms with van der Waals surface area (Å²) in [5.41, 5.74) is 4.47. The van der Waals surface area contributed by atoms with E-state index in [0.717, 1.165) is 22.6 Å².